The fourth-order valence-corrected chi connectivity index (χ4v) is 1.88. The van der Waals surface area contributed by atoms with Crippen molar-refractivity contribution >= 4 is 11.9 Å². The lowest BCUT2D eigenvalue weighted by molar-refractivity contribution is 0.159. The highest BCUT2D eigenvalue weighted by molar-refractivity contribution is 5.86. The summed E-state index contributed by atoms with van der Waals surface area (Å²) < 4.78 is 5.11. The highest BCUT2D eigenvalue weighted by atomic mass is 16.6. The Balaban J connectivity index is 2.68. The van der Waals surface area contributed by atoms with Gasteiger partial charge in [0.15, 0.2) is 0 Å². The Labute approximate surface area is 121 Å². The number of ether oxygens (including phenoxy) is 1. The number of hydrogen-bond donors (Lipinski definition) is 0. The third kappa shape index (κ3) is 5.57. The Morgan fingerprint density at radius 3 is 2.55 bits per heavy atom. The van der Waals surface area contributed by atoms with E-state index in [1.807, 2.05) is 46.1 Å². The summed E-state index contributed by atoms with van der Waals surface area (Å²) in [5.74, 6) is 0.660. The van der Waals surface area contributed by atoms with Gasteiger partial charge in [0.1, 0.15) is 5.82 Å². The molecule has 0 N–H and O–H groups in total. The topological polar surface area (TPSA) is 45.7 Å². The first-order chi connectivity index (χ1) is 9.54. The number of aryl methyl sites for hydroxylation is 1. The molecular formula is C15H25N3O2. The molecule has 0 unspecified atom stereocenters. The van der Waals surface area contributed by atoms with Gasteiger partial charge in [0, 0.05) is 12.2 Å². The number of carbonyl (C=O) groups excluding carboxylic acids is 1. The van der Waals surface area contributed by atoms with E-state index in [1.165, 1.54) is 0 Å². The summed E-state index contributed by atoms with van der Waals surface area (Å²) in [6, 6.07) is 5.67. The average molecular weight is 279 g/mol. The smallest absolute Gasteiger partial charge is 0.415 e. The highest BCUT2D eigenvalue weighted by Crippen LogP contribution is 2.14. The molecule has 1 aromatic heterocycles. The number of pyridine rings is 1. The minimum Gasteiger partial charge on any atom is -0.449 e. The number of rotatable bonds is 7. The lowest BCUT2D eigenvalue weighted by Gasteiger charge is -2.21. The third-order valence-corrected chi connectivity index (χ3v) is 2.88. The lowest BCUT2D eigenvalue weighted by Crippen LogP contribution is -2.33. The van der Waals surface area contributed by atoms with E-state index in [0.717, 1.165) is 25.1 Å². The standard InChI is InChI=1S/C15H25N3O2/c1-5-20-15(19)18(12-7-6-11-17(3)4)14-10-8-9-13(2)16-14/h8-10H,5-7,11-12H2,1-4H3. The van der Waals surface area contributed by atoms with Gasteiger partial charge in [-0.3, -0.25) is 4.90 Å². The van der Waals surface area contributed by atoms with Crippen molar-refractivity contribution in [2.24, 2.45) is 0 Å². The van der Waals surface area contributed by atoms with Gasteiger partial charge in [-0.05, 0) is 59.5 Å². The molecule has 5 nitrogen and oxygen atoms in total. The van der Waals surface area contributed by atoms with Crippen LogP contribution in [0.3, 0.4) is 0 Å². The fraction of sp³-hybridized carbons (Fsp3) is 0.600. The van der Waals surface area contributed by atoms with E-state index in [1.54, 1.807) is 4.90 Å². The zero-order chi connectivity index (χ0) is 15.0. The van der Waals surface area contributed by atoms with Crippen molar-refractivity contribution in [3.63, 3.8) is 0 Å². The van der Waals surface area contributed by atoms with Gasteiger partial charge in [0.05, 0.1) is 6.61 Å². The minimum absolute atomic E-state index is 0.324. The summed E-state index contributed by atoms with van der Waals surface area (Å²) in [4.78, 5) is 20.2. The van der Waals surface area contributed by atoms with Crippen molar-refractivity contribution in [2.75, 3.05) is 38.7 Å². The molecule has 0 saturated heterocycles. The normalized spacial score (nSPS) is 10.7. The molecule has 1 amide bonds. The van der Waals surface area contributed by atoms with Crippen LogP contribution in [-0.2, 0) is 4.74 Å². The van der Waals surface area contributed by atoms with Gasteiger partial charge in [-0.2, -0.15) is 0 Å². The highest BCUT2D eigenvalue weighted by Gasteiger charge is 2.17. The largest absolute Gasteiger partial charge is 0.449 e. The van der Waals surface area contributed by atoms with E-state index in [-0.39, 0.29) is 6.09 Å². The molecular weight excluding hydrogens is 254 g/mol. The first-order valence-corrected chi connectivity index (χ1v) is 7.07. The first kappa shape index (κ1) is 16.4. The third-order valence-electron chi connectivity index (χ3n) is 2.88. The maximum Gasteiger partial charge on any atom is 0.415 e. The number of hydrogen-bond acceptors (Lipinski definition) is 4. The van der Waals surface area contributed by atoms with Crippen LogP contribution in [-0.4, -0.2) is 49.8 Å². The van der Waals surface area contributed by atoms with E-state index >= 15 is 0 Å². The van der Waals surface area contributed by atoms with Crippen molar-refractivity contribution in [2.45, 2.75) is 26.7 Å². The SMILES string of the molecule is CCOC(=O)N(CCCCN(C)C)c1cccc(C)n1. The number of amides is 1. The molecule has 0 aromatic carbocycles. The van der Waals surface area contributed by atoms with Crippen LogP contribution in [0, 0.1) is 6.92 Å². The number of anilines is 1. The Kier molecular flexibility index (Phi) is 7.01. The summed E-state index contributed by atoms with van der Waals surface area (Å²) in [5.41, 5.74) is 0.894. The molecule has 112 valence electrons. The number of carbonyl (C=O) groups is 1. The van der Waals surface area contributed by atoms with Crippen LogP contribution in [0.5, 0.6) is 0 Å². The molecule has 1 rings (SSSR count). The molecule has 20 heavy (non-hydrogen) atoms. The van der Waals surface area contributed by atoms with Gasteiger partial charge in [-0.15, -0.1) is 0 Å². The van der Waals surface area contributed by atoms with Gasteiger partial charge in [0.25, 0.3) is 0 Å². The van der Waals surface area contributed by atoms with Crippen molar-refractivity contribution in [1.82, 2.24) is 9.88 Å². The molecule has 1 aromatic rings. The lowest BCUT2D eigenvalue weighted by atomic mass is 10.2. The monoisotopic (exact) mass is 279 g/mol. The molecule has 0 fully saturated rings. The van der Waals surface area contributed by atoms with E-state index in [2.05, 4.69) is 9.88 Å². The van der Waals surface area contributed by atoms with E-state index < -0.39 is 0 Å². The van der Waals surface area contributed by atoms with Crippen LogP contribution in [0.15, 0.2) is 18.2 Å². The van der Waals surface area contributed by atoms with Crippen LogP contribution in [0.2, 0.25) is 0 Å². The molecule has 0 saturated carbocycles. The number of nitrogens with zero attached hydrogens (tertiary/aromatic N) is 3. The molecule has 0 radical (unpaired) electrons. The maximum absolute atomic E-state index is 12.0. The second kappa shape index (κ2) is 8.53. The molecule has 0 atom stereocenters. The summed E-state index contributed by atoms with van der Waals surface area (Å²) >= 11 is 0. The van der Waals surface area contributed by atoms with E-state index in [9.17, 15) is 4.79 Å². The summed E-state index contributed by atoms with van der Waals surface area (Å²) in [5, 5.41) is 0. The molecule has 0 aliphatic rings. The molecule has 0 aliphatic heterocycles. The number of unbranched alkanes of at least 4 members (excludes halogenated alkanes) is 1. The molecule has 0 spiro atoms. The summed E-state index contributed by atoms with van der Waals surface area (Å²) in [6.45, 7) is 5.74. The molecule has 0 aliphatic carbocycles. The van der Waals surface area contributed by atoms with Crippen molar-refractivity contribution in [1.29, 1.82) is 0 Å². The van der Waals surface area contributed by atoms with E-state index in [4.69, 9.17) is 4.74 Å². The zero-order valence-electron chi connectivity index (χ0n) is 12.9. The van der Waals surface area contributed by atoms with Gasteiger partial charge in [0.2, 0.25) is 0 Å². The minimum atomic E-state index is -0.324. The molecule has 5 heteroatoms. The Morgan fingerprint density at radius 1 is 1.25 bits per heavy atom. The summed E-state index contributed by atoms with van der Waals surface area (Å²) in [6.07, 6.45) is 1.64. The Bertz CT molecular complexity index is 421. The van der Waals surface area contributed by atoms with Crippen LogP contribution < -0.4 is 4.90 Å². The van der Waals surface area contributed by atoms with Crippen LogP contribution in [0.1, 0.15) is 25.5 Å². The van der Waals surface area contributed by atoms with Crippen molar-refractivity contribution in [3.05, 3.63) is 23.9 Å². The van der Waals surface area contributed by atoms with Gasteiger partial charge < -0.3 is 9.64 Å². The molecule has 1 heterocycles. The van der Waals surface area contributed by atoms with Crippen LogP contribution in [0.25, 0.3) is 0 Å². The second-order valence-electron chi connectivity index (χ2n) is 5.00. The van der Waals surface area contributed by atoms with Crippen LogP contribution in [0.4, 0.5) is 10.6 Å². The van der Waals surface area contributed by atoms with Crippen molar-refractivity contribution < 1.29 is 9.53 Å². The fourth-order valence-electron chi connectivity index (χ4n) is 1.88. The second-order valence-corrected chi connectivity index (χ2v) is 5.00. The quantitative estimate of drug-likeness (QED) is 0.720. The van der Waals surface area contributed by atoms with E-state index in [0.29, 0.717) is 19.0 Å². The zero-order valence-corrected chi connectivity index (χ0v) is 12.9. The van der Waals surface area contributed by atoms with Gasteiger partial charge in [-0.25, -0.2) is 9.78 Å². The Hall–Kier alpha value is -1.62. The number of aromatic nitrogens is 1. The maximum atomic E-state index is 12.0. The van der Waals surface area contributed by atoms with Gasteiger partial charge in [-0.1, -0.05) is 6.07 Å². The van der Waals surface area contributed by atoms with Gasteiger partial charge >= 0.3 is 6.09 Å². The predicted molar refractivity (Wildman–Crippen MR) is 81.1 cm³/mol. The summed E-state index contributed by atoms with van der Waals surface area (Å²) in [7, 11) is 4.09. The predicted octanol–water partition coefficient (Wildman–Crippen LogP) is 2.69. The first-order valence-electron chi connectivity index (χ1n) is 7.07. The van der Waals surface area contributed by atoms with Crippen LogP contribution >= 0.6 is 0 Å². The Morgan fingerprint density at radius 2 is 1.95 bits per heavy atom. The molecule has 0 bridgehead atoms. The average Bonchev–Trinajstić information content (AvgIpc) is 2.38. The van der Waals surface area contributed by atoms with Crippen molar-refractivity contribution in [3.8, 4) is 0 Å².